The molecule has 1 saturated carbocycles. The second-order valence-electron chi connectivity index (χ2n) is 6.01. The van der Waals surface area contributed by atoms with Crippen molar-refractivity contribution in [1.82, 2.24) is 9.80 Å². The molecule has 2 saturated heterocycles. The molecule has 2 aliphatic heterocycles. The molecule has 0 atom stereocenters. The zero-order valence-electron chi connectivity index (χ0n) is 10.5. The highest BCUT2D eigenvalue weighted by molar-refractivity contribution is 5.01. The topological polar surface area (TPSA) is 15.7 Å². The molecule has 0 amide bonds. The zero-order valence-corrected chi connectivity index (χ0v) is 10.5. The Hall–Kier alpha value is -0.120. The summed E-state index contributed by atoms with van der Waals surface area (Å²) in [6.07, 6.45) is 5.79. The molecule has 3 nitrogen and oxygen atoms in total. The van der Waals surface area contributed by atoms with Crippen molar-refractivity contribution in [1.29, 1.82) is 0 Å². The van der Waals surface area contributed by atoms with E-state index in [0.29, 0.717) is 0 Å². The lowest BCUT2D eigenvalue weighted by Gasteiger charge is -2.55. The molecule has 0 unspecified atom stereocenters. The van der Waals surface area contributed by atoms with Crippen LogP contribution in [0.25, 0.3) is 0 Å². The Morgan fingerprint density at radius 2 is 1.62 bits per heavy atom. The van der Waals surface area contributed by atoms with Gasteiger partial charge in [0.1, 0.15) is 0 Å². The summed E-state index contributed by atoms with van der Waals surface area (Å²) in [7, 11) is 2.25. The molecule has 0 aromatic heterocycles. The van der Waals surface area contributed by atoms with Gasteiger partial charge in [-0.05, 0) is 51.2 Å². The lowest BCUT2D eigenvalue weighted by Crippen LogP contribution is -2.56. The molecule has 0 aromatic carbocycles. The number of ether oxygens (including phenoxy) is 1. The van der Waals surface area contributed by atoms with Crippen LogP contribution in [0.1, 0.15) is 25.7 Å². The first-order valence-electron chi connectivity index (χ1n) is 6.78. The Labute approximate surface area is 98.7 Å². The molecule has 92 valence electrons. The smallest absolute Gasteiger partial charge is 0.0594 e. The fourth-order valence-corrected chi connectivity index (χ4v) is 3.64. The van der Waals surface area contributed by atoms with Gasteiger partial charge in [-0.15, -0.1) is 0 Å². The van der Waals surface area contributed by atoms with Gasteiger partial charge in [-0.1, -0.05) is 0 Å². The number of likely N-dealkylation sites (tertiary alicyclic amines) is 1. The fourth-order valence-electron chi connectivity index (χ4n) is 3.64. The van der Waals surface area contributed by atoms with Crippen molar-refractivity contribution < 1.29 is 4.74 Å². The van der Waals surface area contributed by atoms with Crippen LogP contribution in [0.2, 0.25) is 0 Å². The lowest BCUT2D eigenvalue weighted by molar-refractivity contribution is -0.0711. The normalized spacial score (nSPS) is 32.8. The highest BCUT2D eigenvalue weighted by Crippen LogP contribution is 2.50. The van der Waals surface area contributed by atoms with E-state index in [-0.39, 0.29) is 0 Å². The fraction of sp³-hybridized carbons (Fsp3) is 1.00. The van der Waals surface area contributed by atoms with Crippen molar-refractivity contribution in [3.63, 3.8) is 0 Å². The third-order valence-corrected chi connectivity index (χ3v) is 4.95. The Morgan fingerprint density at radius 3 is 2.25 bits per heavy atom. The van der Waals surface area contributed by atoms with Crippen LogP contribution in [0, 0.1) is 5.41 Å². The Balaban J connectivity index is 1.49. The summed E-state index contributed by atoms with van der Waals surface area (Å²) in [5, 5.41) is 0. The second kappa shape index (κ2) is 4.28. The standard InChI is InChI=1S/C13H24N2O/c1-14-4-2-13(3-5-14)10-12(11-13)15-6-8-16-9-7-15/h12H,2-11H2,1H3. The molecule has 3 heteroatoms. The molecule has 3 fully saturated rings. The van der Waals surface area contributed by atoms with Crippen molar-refractivity contribution in [3.05, 3.63) is 0 Å². The number of nitrogens with zero attached hydrogens (tertiary/aromatic N) is 2. The quantitative estimate of drug-likeness (QED) is 0.665. The number of piperidine rings is 1. The van der Waals surface area contributed by atoms with Gasteiger partial charge in [0.15, 0.2) is 0 Å². The summed E-state index contributed by atoms with van der Waals surface area (Å²) >= 11 is 0. The van der Waals surface area contributed by atoms with Crippen LogP contribution in [-0.2, 0) is 4.74 Å². The van der Waals surface area contributed by atoms with Crippen LogP contribution in [0.3, 0.4) is 0 Å². The van der Waals surface area contributed by atoms with Gasteiger partial charge < -0.3 is 9.64 Å². The van der Waals surface area contributed by atoms with Gasteiger partial charge in [0.2, 0.25) is 0 Å². The minimum Gasteiger partial charge on any atom is -0.379 e. The maximum atomic E-state index is 5.42. The Morgan fingerprint density at radius 1 is 1.00 bits per heavy atom. The third kappa shape index (κ3) is 2.01. The Kier molecular flexibility index (Phi) is 2.94. The van der Waals surface area contributed by atoms with Crippen LogP contribution >= 0.6 is 0 Å². The van der Waals surface area contributed by atoms with Gasteiger partial charge in [-0.25, -0.2) is 0 Å². The molecule has 2 heterocycles. The molecule has 0 aromatic rings. The van der Waals surface area contributed by atoms with E-state index in [1.807, 2.05) is 0 Å². The van der Waals surface area contributed by atoms with Crippen LogP contribution in [0.15, 0.2) is 0 Å². The summed E-state index contributed by atoms with van der Waals surface area (Å²) in [6, 6.07) is 0.882. The average molecular weight is 224 g/mol. The van der Waals surface area contributed by atoms with Crippen LogP contribution in [-0.4, -0.2) is 62.3 Å². The number of hydrogen-bond donors (Lipinski definition) is 0. The first kappa shape index (κ1) is 11.0. The highest BCUT2D eigenvalue weighted by Gasteiger charge is 2.47. The summed E-state index contributed by atoms with van der Waals surface area (Å²) < 4.78 is 5.42. The molecule has 3 rings (SSSR count). The maximum Gasteiger partial charge on any atom is 0.0594 e. The molecular formula is C13H24N2O. The zero-order chi connectivity index (χ0) is 11.0. The second-order valence-corrected chi connectivity index (χ2v) is 6.01. The van der Waals surface area contributed by atoms with E-state index in [9.17, 15) is 0 Å². The van der Waals surface area contributed by atoms with Gasteiger partial charge >= 0.3 is 0 Å². The molecule has 3 aliphatic rings. The first-order valence-corrected chi connectivity index (χ1v) is 6.78. The van der Waals surface area contributed by atoms with E-state index >= 15 is 0 Å². The van der Waals surface area contributed by atoms with Crippen LogP contribution in [0.5, 0.6) is 0 Å². The van der Waals surface area contributed by atoms with Crippen molar-refractivity contribution in [2.75, 3.05) is 46.4 Å². The molecule has 1 aliphatic carbocycles. The van der Waals surface area contributed by atoms with Gasteiger partial charge in [-0.3, -0.25) is 4.90 Å². The van der Waals surface area contributed by atoms with Crippen LogP contribution < -0.4 is 0 Å². The molecule has 16 heavy (non-hydrogen) atoms. The van der Waals surface area contributed by atoms with Crippen LogP contribution in [0.4, 0.5) is 0 Å². The van der Waals surface area contributed by atoms with E-state index < -0.39 is 0 Å². The van der Waals surface area contributed by atoms with E-state index in [1.54, 1.807) is 0 Å². The van der Waals surface area contributed by atoms with Crippen molar-refractivity contribution in [3.8, 4) is 0 Å². The molecule has 0 N–H and O–H groups in total. The third-order valence-electron chi connectivity index (χ3n) is 4.95. The summed E-state index contributed by atoms with van der Waals surface area (Å²) in [4.78, 5) is 5.14. The predicted octanol–water partition coefficient (Wildman–Crippen LogP) is 1.19. The van der Waals surface area contributed by atoms with Gasteiger partial charge in [-0.2, -0.15) is 0 Å². The largest absolute Gasteiger partial charge is 0.379 e. The average Bonchev–Trinajstić information content (AvgIpc) is 2.29. The number of rotatable bonds is 1. The maximum absolute atomic E-state index is 5.42. The van der Waals surface area contributed by atoms with E-state index in [2.05, 4.69) is 16.8 Å². The van der Waals surface area contributed by atoms with Gasteiger partial charge in [0.25, 0.3) is 0 Å². The predicted molar refractivity (Wildman–Crippen MR) is 64.6 cm³/mol. The number of hydrogen-bond acceptors (Lipinski definition) is 3. The van der Waals surface area contributed by atoms with Crippen molar-refractivity contribution in [2.24, 2.45) is 5.41 Å². The van der Waals surface area contributed by atoms with E-state index in [4.69, 9.17) is 4.74 Å². The van der Waals surface area contributed by atoms with Gasteiger partial charge in [0.05, 0.1) is 13.2 Å². The van der Waals surface area contributed by atoms with E-state index in [1.165, 1.54) is 51.9 Å². The first-order chi connectivity index (χ1) is 7.77. The summed E-state index contributed by atoms with van der Waals surface area (Å²) in [5.41, 5.74) is 0.732. The minimum absolute atomic E-state index is 0.732. The van der Waals surface area contributed by atoms with Crippen molar-refractivity contribution in [2.45, 2.75) is 31.7 Å². The molecule has 0 radical (unpaired) electrons. The molecular weight excluding hydrogens is 200 g/mol. The van der Waals surface area contributed by atoms with E-state index in [0.717, 1.165) is 24.7 Å². The monoisotopic (exact) mass is 224 g/mol. The molecule has 1 spiro atoms. The lowest BCUT2D eigenvalue weighted by atomic mass is 9.60. The molecule has 0 bridgehead atoms. The number of morpholine rings is 1. The minimum atomic E-state index is 0.732. The van der Waals surface area contributed by atoms with Crippen molar-refractivity contribution >= 4 is 0 Å². The SMILES string of the molecule is CN1CCC2(CC1)CC(N1CCOCC1)C2. The Bertz CT molecular complexity index is 234. The summed E-state index contributed by atoms with van der Waals surface area (Å²) in [6.45, 7) is 6.87. The highest BCUT2D eigenvalue weighted by atomic mass is 16.5. The summed E-state index contributed by atoms with van der Waals surface area (Å²) in [5.74, 6) is 0. The van der Waals surface area contributed by atoms with Gasteiger partial charge in [0, 0.05) is 19.1 Å².